The number of rotatable bonds is 0. The minimum atomic E-state index is 0. The van der Waals surface area contributed by atoms with E-state index in [0.717, 1.165) is 0 Å². The molecule has 69 valence electrons. The van der Waals surface area contributed by atoms with E-state index in [2.05, 4.69) is 0 Å². The van der Waals surface area contributed by atoms with Gasteiger partial charge in [0.05, 0.1) is 0 Å². The summed E-state index contributed by atoms with van der Waals surface area (Å²) in [5, 5.41) is 0. The molecule has 0 unspecified atom stereocenters. The molecular weight excluding hydrogens is 269 g/mol. The second-order valence-corrected chi connectivity index (χ2v) is 2.12. The molecule has 2 rings (SSSR count). The van der Waals surface area contributed by atoms with Gasteiger partial charge < -0.3 is 12.4 Å². The first-order valence-corrected chi connectivity index (χ1v) is 3.67. The van der Waals surface area contributed by atoms with Crippen LogP contribution in [0.25, 0.3) is 0 Å². The van der Waals surface area contributed by atoms with Crippen LogP contribution in [-0.4, -0.2) is 0 Å². The van der Waals surface area contributed by atoms with Gasteiger partial charge in [0.2, 0.25) is 0 Å². The molecule has 2 heteroatoms. The number of hydrogen-bond donors (Lipinski definition) is 0. The van der Waals surface area contributed by atoms with Crippen molar-refractivity contribution >= 4 is 0 Å². The topological polar surface area (TPSA) is 0 Å². The molecular formula is C11H11ClRu+. The molecule has 0 spiro atoms. The Balaban J connectivity index is 0. The summed E-state index contributed by atoms with van der Waals surface area (Å²) in [6, 6.07) is 12.0. The molecule has 1 saturated carbocycles. The molecule has 1 aliphatic carbocycles. The van der Waals surface area contributed by atoms with Crippen LogP contribution in [0.5, 0.6) is 0 Å². The van der Waals surface area contributed by atoms with Crippen LogP contribution in [-0.2, 0) is 19.5 Å². The second-order valence-electron chi connectivity index (χ2n) is 2.12. The predicted molar refractivity (Wildman–Crippen MR) is 47.9 cm³/mol. The smallest absolute Gasteiger partial charge is 1.00 e. The zero-order chi connectivity index (χ0) is 7.78. The fourth-order valence-corrected chi connectivity index (χ4v) is 0.706. The zero-order valence-electron chi connectivity index (χ0n) is 7.08. The minimum Gasteiger partial charge on any atom is -1.00 e. The van der Waals surface area contributed by atoms with Crippen molar-refractivity contribution < 1.29 is 31.9 Å². The zero-order valence-corrected chi connectivity index (χ0v) is 9.58. The summed E-state index contributed by atoms with van der Waals surface area (Å²) in [6.45, 7) is 0. The van der Waals surface area contributed by atoms with Gasteiger partial charge in [0.25, 0.3) is 0 Å². The normalized spacial score (nSPS) is 12.9. The first-order chi connectivity index (χ1) is 5.50. The summed E-state index contributed by atoms with van der Waals surface area (Å²) < 4.78 is 0. The van der Waals surface area contributed by atoms with Gasteiger partial charge in [-0.15, -0.1) is 0 Å². The summed E-state index contributed by atoms with van der Waals surface area (Å²) in [4.78, 5) is 0. The summed E-state index contributed by atoms with van der Waals surface area (Å²) in [5.74, 6) is 0. The van der Waals surface area contributed by atoms with Crippen molar-refractivity contribution in [2.45, 2.75) is 0 Å². The third-order valence-corrected chi connectivity index (χ3v) is 1.22. The van der Waals surface area contributed by atoms with Crippen molar-refractivity contribution in [3.63, 3.8) is 0 Å². The van der Waals surface area contributed by atoms with E-state index in [1.165, 1.54) is 0 Å². The van der Waals surface area contributed by atoms with Gasteiger partial charge in [-0.2, -0.15) is 0 Å². The molecule has 0 bridgehead atoms. The maximum absolute atomic E-state index is 2.00. The van der Waals surface area contributed by atoms with E-state index < -0.39 is 0 Å². The molecule has 0 aromatic heterocycles. The van der Waals surface area contributed by atoms with E-state index in [4.69, 9.17) is 0 Å². The molecule has 0 heterocycles. The monoisotopic (exact) mass is 280 g/mol. The molecule has 1 fully saturated rings. The molecule has 13 heavy (non-hydrogen) atoms. The Hall–Kier alpha value is 0.133. The SMILES string of the molecule is [CH]1[CH][CH][CH][CH]1.[Cl-].[Ru+2].c1ccccc1. The van der Waals surface area contributed by atoms with E-state index in [1.807, 2.05) is 68.5 Å². The Labute approximate surface area is 100 Å². The van der Waals surface area contributed by atoms with Crippen molar-refractivity contribution in [3.8, 4) is 0 Å². The quantitative estimate of drug-likeness (QED) is 0.573. The van der Waals surface area contributed by atoms with Crippen LogP contribution >= 0.6 is 0 Å². The van der Waals surface area contributed by atoms with Crippen molar-refractivity contribution in [1.29, 1.82) is 0 Å². The Bertz CT molecular complexity index is 127. The van der Waals surface area contributed by atoms with Crippen LogP contribution in [0, 0.1) is 32.1 Å². The number of halogens is 1. The predicted octanol–water partition coefficient (Wildman–Crippen LogP) is -0.290. The average Bonchev–Trinajstić information content (AvgIpc) is 2.64. The van der Waals surface area contributed by atoms with Crippen LogP contribution in [0.15, 0.2) is 36.4 Å². The largest absolute Gasteiger partial charge is 2.00 e. The third kappa shape index (κ3) is 10.1. The molecule has 0 N–H and O–H groups in total. The van der Waals surface area contributed by atoms with Gasteiger partial charge in [0.15, 0.2) is 0 Å². The summed E-state index contributed by atoms with van der Waals surface area (Å²) in [5.41, 5.74) is 0. The summed E-state index contributed by atoms with van der Waals surface area (Å²) in [7, 11) is 0. The fraction of sp³-hybridized carbons (Fsp3) is 0. The van der Waals surface area contributed by atoms with Gasteiger partial charge >= 0.3 is 19.5 Å². The van der Waals surface area contributed by atoms with Crippen molar-refractivity contribution in [2.75, 3.05) is 0 Å². The minimum absolute atomic E-state index is 0. The Morgan fingerprint density at radius 2 is 0.538 bits per heavy atom. The van der Waals surface area contributed by atoms with Crippen LogP contribution in [0.3, 0.4) is 0 Å². The number of benzene rings is 1. The summed E-state index contributed by atoms with van der Waals surface area (Å²) >= 11 is 0. The first kappa shape index (κ1) is 15.6. The van der Waals surface area contributed by atoms with E-state index >= 15 is 0 Å². The second kappa shape index (κ2) is 12.1. The van der Waals surface area contributed by atoms with Gasteiger partial charge in [-0.3, -0.25) is 0 Å². The van der Waals surface area contributed by atoms with E-state index in [-0.39, 0.29) is 31.9 Å². The maximum Gasteiger partial charge on any atom is 2.00 e. The average molecular weight is 280 g/mol. The van der Waals surface area contributed by atoms with Crippen LogP contribution in [0.2, 0.25) is 0 Å². The van der Waals surface area contributed by atoms with Crippen LogP contribution in [0.4, 0.5) is 0 Å². The van der Waals surface area contributed by atoms with Crippen molar-refractivity contribution in [1.82, 2.24) is 0 Å². The van der Waals surface area contributed by atoms with Gasteiger partial charge in [-0.25, -0.2) is 0 Å². The molecule has 1 aromatic rings. The van der Waals surface area contributed by atoms with Crippen molar-refractivity contribution in [2.24, 2.45) is 0 Å². The van der Waals surface area contributed by atoms with Gasteiger partial charge in [-0.05, 0) is 32.1 Å². The molecule has 1 aromatic carbocycles. The molecule has 0 nitrogen and oxygen atoms in total. The van der Waals surface area contributed by atoms with E-state index in [1.54, 1.807) is 0 Å². The Morgan fingerprint density at radius 1 is 0.385 bits per heavy atom. The van der Waals surface area contributed by atoms with Gasteiger partial charge in [0.1, 0.15) is 0 Å². The van der Waals surface area contributed by atoms with E-state index in [9.17, 15) is 0 Å². The molecule has 0 atom stereocenters. The van der Waals surface area contributed by atoms with Crippen molar-refractivity contribution in [3.05, 3.63) is 68.5 Å². The first-order valence-electron chi connectivity index (χ1n) is 3.67. The van der Waals surface area contributed by atoms with Gasteiger partial charge in [-0.1, -0.05) is 36.4 Å². The molecule has 0 amide bonds. The molecule has 1 aliphatic rings. The molecule has 0 saturated heterocycles. The summed E-state index contributed by atoms with van der Waals surface area (Å²) in [6.07, 6.45) is 10.0. The molecule has 0 aliphatic heterocycles. The Kier molecular flexibility index (Phi) is 14.6. The van der Waals surface area contributed by atoms with Crippen LogP contribution in [0.1, 0.15) is 0 Å². The maximum atomic E-state index is 2.00. The van der Waals surface area contributed by atoms with Gasteiger partial charge in [0, 0.05) is 0 Å². The fourth-order valence-electron chi connectivity index (χ4n) is 0.706. The molecule has 5 radical (unpaired) electrons. The van der Waals surface area contributed by atoms with E-state index in [0.29, 0.717) is 0 Å². The standard InChI is InChI=1S/C6H6.C5H5.ClH.Ru/c1-2-4-6-5-3-1;1-2-4-5-3-1;;/h1-6H;1-5H;1H;/q;;;+2/p-1. The number of hydrogen-bond acceptors (Lipinski definition) is 0. The third-order valence-electron chi connectivity index (χ3n) is 1.22. The Morgan fingerprint density at radius 3 is 0.692 bits per heavy atom. The van der Waals surface area contributed by atoms with Crippen LogP contribution < -0.4 is 12.4 Å².